The van der Waals surface area contributed by atoms with Crippen molar-refractivity contribution in [3.8, 4) is 0 Å². The third-order valence-electron chi connectivity index (χ3n) is 5.35. The molecule has 4 rings (SSSR count). The van der Waals surface area contributed by atoms with Gasteiger partial charge in [0.2, 0.25) is 0 Å². The van der Waals surface area contributed by atoms with Crippen molar-refractivity contribution >= 4 is 28.7 Å². The van der Waals surface area contributed by atoms with Crippen LogP contribution in [0.15, 0.2) is 48.5 Å². The Labute approximate surface area is 160 Å². The van der Waals surface area contributed by atoms with Crippen molar-refractivity contribution in [1.82, 2.24) is 9.55 Å². The summed E-state index contributed by atoms with van der Waals surface area (Å²) < 4.78 is 2.32. The lowest BCUT2D eigenvalue weighted by molar-refractivity contribution is 0.420. The lowest BCUT2D eigenvalue weighted by Crippen LogP contribution is -2.04. The van der Waals surface area contributed by atoms with Gasteiger partial charge in [0.25, 0.3) is 0 Å². The molecule has 2 nitrogen and oxygen atoms in total. The monoisotopic (exact) mass is 364 g/mol. The van der Waals surface area contributed by atoms with Crippen molar-refractivity contribution in [2.45, 2.75) is 45.6 Å². The van der Waals surface area contributed by atoms with E-state index in [1.54, 1.807) is 0 Å². The maximum atomic E-state index is 6.05. The number of benzene rings is 2. The third-order valence-corrected chi connectivity index (χ3v) is 5.61. The summed E-state index contributed by atoms with van der Waals surface area (Å²) in [6.07, 6.45) is 11.3. The quantitative estimate of drug-likeness (QED) is 0.507. The molecular weight excluding hydrogens is 340 g/mol. The Morgan fingerprint density at radius 2 is 1.85 bits per heavy atom. The lowest BCUT2D eigenvalue weighted by Gasteiger charge is -2.17. The highest BCUT2D eigenvalue weighted by molar-refractivity contribution is 6.30. The summed E-state index contributed by atoms with van der Waals surface area (Å²) in [6, 6.07) is 14.6. The summed E-state index contributed by atoms with van der Waals surface area (Å²) in [4.78, 5) is 4.90. The predicted molar refractivity (Wildman–Crippen MR) is 111 cm³/mol. The largest absolute Gasteiger partial charge is 0.320 e. The van der Waals surface area contributed by atoms with Crippen molar-refractivity contribution < 1.29 is 0 Å². The van der Waals surface area contributed by atoms with Gasteiger partial charge < -0.3 is 4.57 Å². The van der Waals surface area contributed by atoms with Gasteiger partial charge in [-0.3, -0.25) is 0 Å². The lowest BCUT2D eigenvalue weighted by atomic mass is 9.89. The maximum absolute atomic E-state index is 6.05. The standard InChI is InChI=1S/C23H25ClN2/c1-17-7-13-21-22(15-17)26(16-19-8-11-20(24)12-9-19)23(25-21)14-10-18-5-3-2-4-6-18/h7-15,18H,2-6,16H2,1H3. The molecule has 1 aliphatic carbocycles. The molecule has 0 saturated heterocycles. The molecule has 0 amide bonds. The van der Waals surface area contributed by atoms with Crippen LogP contribution in [0.5, 0.6) is 0 Å². The van der Waals surface area contributed by atoms with E-state index in [0.29, 0.717) is 5.92 Å². The van der Waals surface area contributed by atoms with E-state index in [1.807, 2.05) is 12.1 Å². The normalized spacial score (nSPS) is 15.9. The van der Waals surface area contributed by atoms with E-state index in [0.717, 1.165) is 22.9 Å². The zero-order valence-corrected chi connectivity index (χ0v) is 16.0. The molecule has 3 heteroatoms. The molecule has 1 heterocycles. The van der Waals surface area contributed by atoms with E-state index in [2.05, 4.69) is 54.0 Å². The first-order valence-corrected chi connectivity index (χ1v) is 9.96. The number of aromatic nitrogens is 2. The maximum Gasteiger partial charge on any atom is 0.133 e. The fourth-order valence-corrected chi connectivity index (χ4v) is 3.99. The number of aryl methyl sites for hydroxylation is 1. The molecule has 0 spiro atoms. The number of rotatable bonds is 4. The summed E-state index contributed by atoms with van der Waals surface area (Å²) in [5, 5.41) is 0.775. The van der Waals surface area contributed by atoms with Gasteiger partial charge in [-0.15, -0.1) is 0 Å². The highest BCUT2D eigenvalue weighted by atomic mass is 35.5. The van der Waals surface area contributed by atoms with Gasteiger partial charge in [-0.25, -0.2) is 4.98 Å². The predicted octanol–water partition coefficient (Wildman–Crippen LogP) is 6.64. The fourth-order valence-electron chi connectivity index (χ4n) is 3.87. The molecule has 3 aromatic rings. The summed E-state index contributed by atoms with van der Waals surface area (Å²) >= 11 is 6.05. The van der Waals surface area contributed by atoms with Crippen LogP contribution >= 0.6 is 11.6 Å². The second kappa shape index (κ2) is 7.67. The van der Waals surface area contributed by atoms with Crippen LogP contribution < -0.4 is 0 Å². The Bertz CT molecular complexity index is 915. The van der Waals surface area contributed by atoms with Gasteiger partial charge in [0, 0.05) is 11.6 Å². The van der Waals surface area contributed by atoms with E-state index < -0.39 is 0 Å². The minimum Gasteiger partial charge on any atom is -0.320 e. The molecule has 0 atom stereocenters. The van der Waals surface area contributed by atoms with Crippen molar-refractivity contribution in [2.24, 2.45) is 5.92 Å². The minimum absolute atomic E-state index is 0.703. The number of fused-ring (bicyclic) bond motifs is 1. The molecule has 2 aromatic carbocycles. The summed E-state index contributed by atoms with van der Waals surface area (Å²) in [6.45, 7) is 2.94. The van der Waals surface area contributed by atoms with Gasteiger partial charge in [-0.1, -0.05) is 55.1 Å². The number of nitrogens with zero attached hydrogens (tertiary/aromatic N) is 2. The highest BCUT2D eigenvalue weighted by Crippen LogP contribution is 2.26. The number of allylic oxidation sites excluding steroid dienone is 1. The molecule has 1 aliphatic rings. The number of hydrogen-bond donors (Lipinski definition) is 0. The Morgan fingerprint density at radius 1 is 1.08 bits per heavy atom. The highest BCUT2D eigenvalue weighted by Gasteiger charge is 2.13. The van der Waals surface area contributed by atoms with E-state index in [-0.39, 0.29) is 0 Å². The van der Waals surface area contributed by atoms with Crippen molar-refractivity contribution in [1.29, 1.82) is 0 Å². The Kier molecular flexibility index (Phi) is 5.12. The van der Waals surface area contributed by atoms with Gasteiger partial charge in [0.15, 0.2) is 0 Å². The second-order valence-corrected chi connectivity index (χ2v) is 7.87. The van der Waals surface area contributed by atoms with Crippen LogP contribution in [0.25, 0.3) is 17.1 Å². The molecule has 1 fully saturated rings. The average Bonchev–Trinajstić information content (AvgIpc) is 2.99. The molecule has 0 unspecified atom stereocenters. The van der Waals surface area contributed by atoms with Crippen LogP contribution in [-0.2, 0) is 6.54 Å². The molecule has 0 radical (unpaired) electrons. The van der Waals surface area contributed by atoms with Gasteiger partial charge in [0.05, 0.1) is 11.0 Å². The minimum atomic E-state index is 0.703. The van der Waals surface area contributed by atoms with E-state index in [4.69, 9.17) is 16.6 Å². The van der Waals surface area contributed by atoms with Crippen LogP contribution in [0.2, 0.25) is 5.02 Å². The van der Waals surface area contributed by atoms with Gasteiger partial charge >= 0.3 is 0 Å². The van der Waals surface area contributed by atoms with Crippen LogP contribution in [0.1, 0.15) is 49.1 Å². The van der Waals surface area contributed by atoms with Gasteiger partial charge in [0.1, 0.15) is 5.82 Å². The fraction of sp³-hybridized carbons (Fsp3) is 0.348. The van der Waals surface area contributed by atoms with Crippen molar-refractivity contribution in [2.75, 3.05) is 0 Å². The van der Waals surface area contributed by atoms with E-state index in [9.17, 15) is 0 Å². The molecule has 1 aromatic heterocycles. The molecule has 1 saturated carbocycles. The number of hydrogen-bond acceptors (Lipinski definition) is 1. The van der Waals surface area contributed by atoms with Crippen LogP contribution in [0.3, 0.4) is 0 Å². The van der Waals surface area contributed by atoms with E-state index >= 15 is 0 Å². The van der Waals surface area contributed by atoms with E-state index in [1.165, 1.54) is 48.7 Å². The SMILES string of the molecule is Cc1ccc2nc(C=CC3CCCCC3)n(Cc3ccc(Cl)cc3)c2c1. The third kappa shape index (κ3) is 3.86. The Balaban J connectivity index is 1.70. The summed E-state index contributed by atoms with van der Waals surface area (Å²) in [5.41, 5.74) is 4.76. The molecule has 0 N–H and O–H groups in total. The zero-order chi connectivity index (χ0) is 17.9. The zero-order valence-electron chi connectivity index (χ0n) is 15.3. The first kappa shape index (κ1) is 17.4. The van der Waals surface area contributed by atoms with Crippen molar-refractivity contribution in [3.05, 3.63) is 70.5 Å². The molecule has 0 aliphatic heterocycles. The first-order valence-electron chi connectivity index (χ1n) is 9.58. The molecule has 0 bridgehead atoms. The Morgan fingerprint density at radius 3 is 2.62 bits per heavy atom. The smallest absolute Gasteiger partial charge is 0.133 e. The van der Waals surface area contributed by atoms with Gasteiger partial charge in [-0.2, -0.15) is 0 Å². The molecule has 134 valence electrons. The summed E-state index contributed by atoms with van der Waals surface area (Å²) in [5.74, 6) is 1.75. The van der Waals surface area contributed by atoms with Crippen LogP contribution in [-0.4, -0.2) is 9.55 Å². The first-order chi connectivity index (χ1) is 12.7. The molecule has 26 heavy (non-hydrogen) atoms. The molecular formula is C23H25ClN2. The average molecular weight is 365 g/mol. The topological polar surface area (TPSA) is 17.8 Å². The second-order valence-electron chi connectivity index (χ2n) is 7.43. The number of imidazole rings is 1. The summed E-state index contributed by atoms with van der Waals surface area (Å²) in [7, 11) is 0. The van der Waals surface area contributed by atoms with Gasteiger partial charge in [-0.05, 0) is 67.2 Å². The van der Waals surface area contributed by atoms with Crippen molar-refractivity contribution in [3.63, 3.8) is 0 Å². The number of halogens is 1. The Hall–Kier alpha value is -2.06. The van der Waals surface area contributed by atoms with Crippen LogP contribution in [0, 0.1) is 12.8 Å². The van der Waals surface area contributed by atoms with Crippen LogP contribution in [0.4, 0.5) is 0 Å².